The summed E-state index contributed by atoms with van der Waals surface area (Å²) in [6.07, 6.45) is 3.25. The summed E-state index contributed by atoms with van der Waals surface area (Å²) >= 11 is 0. The molecular formula is C19H24N4O3. The molecule has 2 atom stereocenters. The molecule has 2 saturated heterocycles. The van der Waals surface area contributed by atoms with Gasteiger partial charge in [0.25, 0.3) is 5.91 Å². The highest BCUT2D eigenvalue weighted by Gasteiger charge is 2.40. The molecule has 2 aliphatic rings. The number of rotatable bonds is 3. The van der Waals surface area contributed by atoms with Crippen LogP contribution in [0.5, 0.6) is 0 Å². The second-order valence-corrected chi connectivity index (χ2v) is 7.33. The lowest BCUT2D eigenvalue weighted by Crippen LogP contribution is -2.57. The first kappa shape index (κ1) is 16.9. The molecule has 7 nitrogen and oxygen atoms in total. The second-order valence-electron chi connectivity index (χ2n) is 7.33. The fourth-order valence-electron chi connectivity index (χ4n) is 4.42. The smallest absolute Gasteiger partial charge is 0.323 e. The molecule has 2 fully saturated rings. The number of nitrogens with zero attached hydrogens (tertiary/aromatic N) is 2. The van der Waals surface area contributed by atoms with E-state index in [1.54, 1.807) is 18.2 Å². The van der Waals surface area contributed by atoms with Gasteiger partial charge in [-0.1, -0.05) is 6.92 Å². The number of amides is 2. The number of hydrogen-bond acceptors (Lipinski definition) is 3. The van der Waals surface area contributed by atoms with Crippen LogP contribution in [0.25, 0.3) is 11.0 Å². The Bertz CT molecular complexity index is 900. The van der Waals surface area contributed by atoms with Crippen LogP contribution in [0.1, 0.15) is 43.0 Å². The van der Waals surface area contributed by atoms with Crippen LogP contribution in [0.2, 0.25) is 0 Å². The van der Waals surface area contributed by atoms with E-state index >= 15 is 0 Å². The maximum absolute atomic E-state index is 12.9. The van der Waals surface area contributed by atoms with Crippen LogP contribution in [0.15, 0.2) is 23.0 Å². The Labute approximate surface area is 151 Å². The first-order valence-electron chi connectivity index (χ1n) is 9.37. The van der Waals surface area contributed by atoms with Crippen molar-refractivity contribution in [1.82, 2.24) is 19.8 Å². The molecule has 0 aliphatic carbocycles. The van der Waals surface area contributed by atoms with Gasteiger partial charge in [0.2, 0.25) is 5.91 Å². The quantitative estimate of drug-likeness (QED) is 0.877. The molecule has 2 amide bonds. The van der Waals surface area contributed by atoms with Crippen LogP contribution in [-0.4, -0.2) is 57.3 Å². The van der Waals surface area contributed by atoms with Gasteiger partial charge in [-0.15, -0.1) is 0 Å². The minimum atomic E-state index is -0.270. The third kappa shape index (κ3) is 2.91. The number of imidazole rings is 1. The van der Waals surface area contributed by atoms with Crippen molar-refractivity contribution in [3.05, 3.63) is 34.2 Å². The molecule has 0 bridgehead atoms. The van der Waals surface area contributed by atoms with Gasteiger partial charge in [0.1, 0.15) is 0 Å². The summed E-state index contributed by atoms with van der Waals surface area (Å²) in [6, 6.07) is 5.52. The molecule has 0 unspecified atom stereocenters. The summed E-state index contributed by atoms with van der Waals surface area (Å²) in [5, 5.41) is 0. The van der Waals surface area contributed by atoms with Gasteiger partial charge in [-0.2, -0.15) is 0 Å². The Morgan fingerprint density at radius 2 is 2.00 bits per heavy atom. The van der Waals surface area contributed by atoms with Crippen molar-refractivity contribution in [3.63, 3.8) is 0 Å². The summed E-state index contributed by atoms with van der Waals surface area (Å²) in [4.78, 5) is 45.9. The van der Waals surface area contributed by atoms with E-state index in [4.69, 9.17) is 0 Å². The highest BCUT2D eigenvalue weighted by Crippen LogP contribution is 2.32. The van der Waals surface area contributed by atoms with Gasteiger partial charge in [-0.05, 0) is 43.4 Å². The number of benzene rings is 1. The average Bonchev–Trinajstić information content (AvgIpc) is 3.02. The number of fused-ring (bicyclic) bond motifs is 2. The molecule has 4 rings (SSSR count). The molecule has 26 heavy (non-hydrogen) atoms. The minimum Gasteiger partial charge on any atom is -0.339 e. The third-order valence-corrected chi connectivity index (χ3v) is 5.66. The highest BCUT2D eigenvalue weighted by molar-refractivity contribution is 5.97. The van der Waals surface area contributed by atoms with Crippen molar-refractivity contribution in [2.45, 2.75) is 38.6 Å². The van der Waals surface area contributed by atoms with Crippen molar-refractivity contribution in [1.29, 1.82) is 0 Å². The van der Waals surface area contributed by atoms with Crippen LogP contribution in [-0.2, 0) is 4.79 Å². The Hall–Kier alpha value is -2.57. The summed E-state index contributed by atoms with van der Waals surface area (Å²) in [5.41, 5.74) is 1.66. The van der Waals surface area contributed by atoms with Crippen molar-refractivity contribution in [2.75, 3.05) is 19.6 Å². The van der Waals surface area contributed by atoms with Gasteiger partial charge < -0.3 is 19.8 Å². The minimum absolute atomic E-state index is 0.00802. The van der Waals surface area contributed by atoms with Crippen molar-refractivity contribution >= 4 is 22.8 Å². The first-order valence-corrected chi connectivity index (χ1v) is 9.37. The predicted octanol–water partition coefficient (Wildman–Crippen LogP) is 1.72. The number of carbonyl (C=O) groups excluding carboxylic acids is 2. The lowest BCUT2D eigenvalue weighted by molar-refractivity contribution is -0.140. The topological polar surface area (TPSA) is 89.3 Å². The van der Waals surface area contributed by atoms with Gasteiger partial charge >= 0.3 is 5.69 Å². The fourth-order valence-corrected chi connectivity index (χ4v) is 4.42. The average molecular weight is 356 g/mol. The van der Waals surface area contributed by atoms with Crippen LogP contribution >= 0.6 is 0 Å². The number of carbonyl (C=O) groups is 2. The highest BCUT2D eigenvalue weighted by atomic mass is 16.2. The SMILES string of the molecule is CCCN1C(=O)CC[C@H]2CN(C(=O)c3ccc4[nH]c(=O)[nH]c4c3)CC[C@H]21. The molecular weight excluding hydrogens is 332 g/mol. The molecule has 7 heteroatoms. The molecule has 3 heterocycles. The largest absolute Gasteiger partial charge is 0.339 e. The zero-order valence-electron chi connectivity index (χ0n) is 15.0. The lowest BCUT2D eigenvalue weighted by Gasteiger charge is -2.47. The van der Waals surface area contributed by atoms with Gasteiger partial charge in [0, 0.05) is 37.7 Å². The lowest BCUT2D eigenvalue weighted by atomic mass is 9.83. The van der Waals surface area contributed by atoms with Gasteiger partial charge in [0.05, 0.1) is 11.0 Å². The molecule has 2 N–H and O–H groups in total. The normalized spacial score (nSPS) is 23.3. The molecule has 138 valence electrons. The summed E-state index contributed by atoms with van der Waals surface area (Å²) in [6.45, 7) is 4.26. The number of likely N-dealkylation sites (tertiary alicyclic amines) is 2. The van der Waals surface area contributed by atoms with E-state index in [9.17, 15) is 14.4 Å². The van der Waals surface area contributed by atoms with Crippen molar-refractivity contribution in [3.8, 4) is 0 Å². The van der Waals surface area contributed by atoms with Gasteiger partial charge in [-0.3, -0.25) is 9.59 Å². The van der Waals surface area contributed by atoms with Gasteiger partial charge in [-0.25, -0.2) is 4.79 Å². The maximum Gasteiger partial charge on any atom is 0.323 e. The zero-order chi connectivity index (χ0) is 18.3. The number of H-pyrrole nitrogens is 2. The Balaban J connectivity index is 1.51. The molecule has 0 radical (unpaired) electrons. The Kier molecular flexibility index (Phi) is 4.30. The molecule has 1 aromatic heterocycles. The maximum atomic E-state index is 12.9. The molecule has 2 aliphatic heterocycles. The number of hydrogen-bond donors (Lipinski definition) is 2. The zero-order valence-corrected chi connectivity index (χ0v) is 15.0. The van der Waals surface area contributed by atoms with E-state index in [0.29, 0.717) is 42.0 Å². The summed E-state index contributed by atoms with van der Waals surface area (Å²) < 4.78 is 0. The van der Waals surface area contributed by atoms with E-state index in [2.05, 4.69) is 16.9 Å². The monoisotopic (exact) mass is 356 g/mol. The molecule has 0 saturated carbocycles. The van der Waals surface area contributed by atoms with E-state index in [1.165, 1.54) is 0 Å². The van der Waals surface area contributed by atoms with E-state index in [1.807, 2.05) is 9.80 Å². The number of piperidine rings is 2. The molecule has 2 aromatic rings. The van der Waals surface area contributed by atoms with Crippen LogP contribution in [0.3, 0.4) is 0 Å². The number of aromatic amines is 2. The van der Waals surface area contributed by atoms with Crippen LogP contribution in [0.4, 0.5) is 0 Å². The predicted molar refractivity (Wildman–Crippen MR) is 98.0 cm³/mol. The van der Waals surface area contributed by atoms with E-state index in [-0.39, 0.29) is 23.5 Å². The van der Waals surface area contributed by atoms with Crippen LogP contribution < -0.4 is 5.69 Å². The summed E-state index contributed by atoms with van der Waals surface area (Å²) in [7, 11) is 0. The van der Waals surface area contributed by atoms with E-state index in [0.717, 1.165) is 25.8 Å². The van der Waals surface area contributed by atoms with Crippen LogP contribution in [0, 0.1) is 5.92 Å². The number of nitrogens with one attached hydrogen (secondary N) is 2. The standard InChI is InChI=1S/C19H24N4O3/c1-2-8-23-16-7-9-22(11-13(16)4-6-17(23)24)18(25)12-3-5-14-15(10-12)21-19(26)20-14/h3,5,10,13,16H,2,4,6-9,11H2,1H3,(H2,20,21,26)/t13-,16+/m0/s1. The summed E-state index contributed by atoms with van der Waals surface area (Å²) in [5.74, 6) is 0.605. The first-order chi connectivity index (χ1) is 12.6. The number of aromatic nitrogens is 2. The van der Waals surface area contributed by atoms with Gasteiger partial charge in [0.15, 0.2) is 0 Å². The fraction of sp³-hybridized carbons (Fsp3) is 0.526. The van der Waals surface area contributed by atoms with E-state index < -0.39 is 0 Å². The van der Waals surface area contributed by atoms with Crippen molar-refractivity contribution < 1.29 is 9.59 Å². The molecule has 0 spiro atoms. The molecule has 1 aromatic carbocycles. The Morgan fingerprint density at radius 3 is 2.81 bits per heavy atom. The third-order valence-electron chi connectivity index (χ3n) is 5.66. The Morgan fingerprint density at radius 1 is 1.19 bits per heavy atom. The second kappa shape index (κ2) is 6.63. The van der Waals surface area contributed by atoms with Crippen molar-refractivity contribution in [2.24, 2.45) is 5.92 Å².